The summed E-state index contributed by atoms with van der Waals surface area (Å²) in [5.41, 5.74) is 1.08. The highest BCUT2D eigenvalue weighted by atomic mass is 16.6. The maximum atomic E-state index is 12.1. The molecule has 0 spiro atoms. The summed E-state index contributed by atoms with van der Waals surface area (Å²) in [4.78, 5) is 22.2. The second-order valence-corrected chi connectivity index (χ2v) is 5.56. The van der Waals surface area contributed by atoms with Gasteiger partial charge in [-0.05, 0) is 26.8 Å². The lowest BCUT2D eigenvalue weighted by Crippen LogP contribution is -2.33. The Bertz CT molecular complexity index is 549. The zero-order chi connectivity index (χ0) is 14.9. The van der Waals surface area contributed by atoms with Gasteiger partial charge in [0.1, 0.15) is 5.60 Å². The smallest absolute Gasteiger partial charge is 0.410 e. The van der Waals surface area contributed by atoms with E-state index in [2.05, 4.69) is 16.5 Å². The summed E-state index contributed by atoms with van der Waals surface area (Å²) < 4.78 is 10.6. The van der Waals surface area contributed by atoms with Gasteiger partial charge < -0.3 is 9.47 Å². The molecule has 2 rings (SSSR count). The molecule has 2 heterocycles. The van der Waals surface area contributed by atoms with Crippen molar-refractivity contribution >= 4 is 12.2 Å². The summed E-state index contributed by atoms with van der Waals surface area (Å²) in [5.74, 6) is 0.975. The fourth-order valence-corrected chi connectivity index (χ4v) is 1.96. The minimum Gasteiger partial charge on any atom is -0.481 e. The summed E-state index contributed by atoms with van der Waals surface area (Å²) in [6, 6.07) is 0. The number of ether oxygens (including phenoxy) is 2. The molecule has 0 aliphatic carbocycles. The van der Waals surface area contributed by atoms with Crippen molar-refractivity contribution in [2.45, 2.75) is 39.5 Å². The zero-order valence-corrected chi connectivity index (χ0v) is 12.3. The van der Waals surface area contributed by atoms with Gasteiger partial charge in [-0.2, -0.15) is 4.98 Å². The van der Waals surface area contributed by atoms with E-state index in [0.29, 0.717) is 24.8 Å². The molecule has 0 aromatic carbocycles. The van der Waals surface area contributed by atoms with Crippen LogP contribution < -0.4 is 4.74 Å². The van der Waals surface area contributed by atoms with E-state index in [9.17, 15) is 4.79 Å². The van der Waals surface area contributed by atoms with Gasteiger partial charge in [0.2, 0.25) is 5.88 Å². The molecule has 6 heteroatoms. The number of hydrogen-bond acceptors (Lipinski definition) is 5. The van der Waals surface area contributed by atoms with Crippen molar-refractivity contribution in [2.24, 2.45) is 0 Å². The van der Waals surface area contributed by atoms with Gasteiger partial charge in [0.05, 0.1) is 31.5 Å². The van der Waals surface area contributed by atoms with Crippen LogP contribution >= 0.6 is 0 Å². The van der Waals surface area contributed by atoms with Crippen LogP contribution in [0.1, 0.15) is 37.9 Å². The van der Waals surface area contributed by atoms with Crippen LogP contribution in [0.4, 0.5) is 4.79 Å². The monoisotopic (exact) mass is 277 g/mol. The molecule has 0 atom stereocenters. The van der Waals surface area contributed by atoms with Gasteiger partial charge >= 0.3 is 6.09 Å². The van der Waals surface area contributed by atoms with E-state index in [1.807, 2.05) is 20.8 Å². The van der Waals surface area contributed by atoms with Crippen LogP contribution in [0.3, 0.4) is 0 Å². The fourth-order valence-electron chi connectivity index (χ4n) is 1.96. The predicted octanol–water partition coefficient (Wildman–Crippen LogP) is 2.38. The van der Waals surface area contributed by atoms with Crippen LogP contribution in [-0.2, 0) is 17.8 Å². The van der Waals surface area contributed by atoms with Crippen LogP contribution in [0.15, 0.2) is 6.58 Å². The molecule has 0 N–H and O–H groups in total. The topological polar surface area (TPSA) is 64.6 Å². The Morgan fingerprint density at radius 1 is 1.35 bits per heavy atom. The lowest BCUT2D eigenvalue weighted by atomic mass is 10.2. The van der Waals surface area contributed by atoms with Crippen molar-refractivity contribution in [3.05, 3.63) is 23.7 Å². The second-order valence-electron chi connectivity index (χ2n) is 5.56. The number of aromatic nitrogens is 2. The Morgan fingerprint density at radius 3 is 2.60 bits per heavy atom. The number of amides is 1. The fraction of sp³-hybridized carbons (Fsp3) is 0.500. The standard InChI is InChI=1S/C14H19N3O3/c1-6-11-15-10-8-17(13(18)20-14(2,3)4)7-9(10)12(16-11)19-5/h6H,1,7-8H2,2-5H3. The minimum atomic E-state index is -0.520. The van der Waals surface area contributed by atoms with E-state index in [0.717, 1.165) is 11.3 Å². The van der Waals surface area contributed by atoms with Crippen LogP contribution in [-0.4, -0.2) is 33.7 Å². The number of fused-ring (bicyclic) bond motifs is 1. The molecule has 1 amide bonds. The van der Waals surface area contributed by atoms with Gasteiger partial charge in [-0.15, -0.1) is 0 Å². The number of nitrogens with zero attached hydrogens (tertiary/aromatic N) is 3. The Hall–Kier alpha value is -2.11. The van der Waals surface area contributed by atoms with Crippen molar-refractivity contribution in [2.75, 3.05) is 7.11 Å². The molecular weight excluding hydrogens is 258 g/mol. The van der Waals surface area contributed by atoms with Gasteiger partial charge in [0, 0.05) is 0 Å². The lowest BCUT2D eigenvalue weighted by molar-refractivity contribution is 0.0240. The third-order valence-corrected chi connectivity index (χ3v) is 2.79. The molecule has 20 heavy (non-hydrogen) atoms. The highest BCUT2D eigenvalue weighted by Gasteiger charge is 2.31. The number of carbonyl (C=O) groups is 1. The molecule has 0 saturated heterocycles. The van der Waals surface area contributed by atoms with Crippen LogP contribution in [0.2, 0.25) is 0 Å². The third-order valence-electron chi connectivity index (χ3n) is 2.79. The van der Waals surface area contributed by atoms with E-state index in [1.165, 1.54) is 0 Å². The van der Waals surface area contributed by atoms with E-state index < -0.39 is 5.60 Å². The van der Waals surface area contributed by atoms with Gasteiger partial charge in [-0.25, -0.2) is 9.78 Å². The summed E-state index contributed by atoms with van der Waals surface area (Å²) >= 11 is 0. The normalized spacial score (nSPS) is 13.9. The van der Waals surface area contributed by atoms with Crippen LogP contribution in [0, 0.1) is 0 Å². The first-order valence-corrected chi connectivity index (χ1v) is 6.38. The average Bonchev–Trinajstić information content (AvgIpc) is 2.79. The van der Waals surface area contributed by atoms with E-state index >= 15 is 0 Å². The number of rotatable bonds is 2. The molecule has 0 fully saturated rings. The number of hydrogen-bond donors (Lipinski definition) is 0. The third kappa shape index (κ3) is 2.89. The number of carbonyl (C=O) groups excluding carboxylic acids is 1. The maximum Gasteiger partial charge on any atom is 0.410 e. The summed E-state index contributed by atoms with van der Waals surface area (Å²) in [6.45, 7) is 9.95. The Morgan fingerprint density at radius 2 is 2.05 bits per heavy atom. The Kier molecular flexibility index (Phi) is 3.65. The van der Waals surface area contributed by atoms with Crippen molar-refractivity contribution in [1.82, 2.24) is 14.9 Å². The highest BCUT2D eigenvalue weighted by molar-refractivity contribution is 5.69. The molecule has 0 saturated carbocycles. The lowest BCUT2D eigenvalue weighted by Gasteiger charge is -2.23. The molecule has 1 aromatic heterocycles. The molecular formula is C14H19N3O3. The summed E-state index contributed by atoms with van der Waals surface area (Å²) in [5, 5.41) is 0. The molecule has 108 valence electrons. The molecule has 0 unspecified atom stereocenters. The summed E-state index contributed by atoms with van der Waals surface area (Å²) in [7, 11) is 1.55. The first-order chi connectivity index (χ1) is 9.34. The number of methoxy groups -OCH3 is 1. The molecule has 6 nitrogen and oxygen atoms in total. The predicted molar refractivity (Wildman–Crippen MR) is 74.2 cm³/mol. The SMILES string of the molecule is C=Cc1nc2c(c(OC)n1)CN(C(=O)OC(C)(C)C)C2. The van der Waals surface area contributed by atoms with Crippen molar-refractivity contribution in [3.8, 4) is 5.88 Å². The van der Waals surface area contributed by atoms with E-state index in [4.69, 9.17) is 9.47 Å². The largest absolute Gasteiger partial charge is 0.481 e. The van der Waals surface area contributed by atoms with Gasteiger partial charge in [0.25, 0.3) is 0 Å². The van der Waals surface area contributed by atoms with Gasteiger partial charge in [-0.3, -0.25) is 4.90 Å². The summed E-state index contributed by atoms with van der Waals surface area (Å²) in [6.07, 6.45) is 1.19. The highest BCUT2D eigenvalue weighted by Crippen LogP contribution is 2.29. The maximum absolute atomic E-state index is 12.1. The molecule has 1 aromatic rings. The van der Waals surface area contributed by atoms with Crippen molar-refractivity contribution < 1.29 is 14.3 Å². The molecule has 0 radical (unpaired) electrons. The zero-order valence-electron chi connectivity index (χ0n) is 12.3. The van der Waals surface area contributed by atoms with Gasteiger partial charge in [-0.1, -0.05) is 6.58 Å². The van der Waals surface area contributed by atoms with Crippen LogP contribution in [0.25, 0.3) is 6.08 Å². The van der Waals surface area contributed by atoms with Gasteiger partial charge in [0.15, 0.2) is 5.82 Å². The Labute approximate surface area is 118 Å². The Balaban J connectivity index is 2.22. The van der Waals surface area contributed by atoms with E-state index in [-0.39, 0.29) is 6.09 Å². The second kappa shape index (κ2) is 5.11. The van der Waals surface area contributed by atoms with E-state index in [1.54, 1.807) is 18.1 Å². The first-order valence-electron chi connectivity index (χ1n) is 6.38. The first kappa shape index (κ1) is 14.3. The molecule has 1 aliphatic heterocycles. The van der Waals surface area contributed by atoms with Crippen molar-refractivity contribution in [3.63, 3.8) is 0 Å². The van der Waals surface area contributed by atoms with Crippen LogP contribution in [0.5, 0.6) is 5.88 Å². The molecule has 1 aliphatic rings. The average molecular weight is 277 g/mol. The quantitative estimate of drug-likeness (QED) is 0.830. The minimum absolute atomic E-state index is 0.363. The van der Waals surface area contributed by atoms with Crippen molar-refractivity contribution in [1.29, 1.82) is 0 Å². The molecule has 0 bridgehead atoms.